The average molecular weight is 272 g/mol. The molecule has 1 aliphatic carbocycles. The van der Waals surface area contributed by atoms with Crippen molar-refractivity contribution in [3.8, 4) is 0 Å². The first kappa shape index (κ1) is 15.3. The number of amides is 2. The zero-order valence-electron chi connectivity index (χ0n) is 10.8. The molecule has 0 aromatic heterocycles. The van der Waals surface area contributed by atoms with Gasteiger partial charge in [0.25, 0.3) is 0 Å². The van der Waals surface area contributed by atoms with Gasteiger partial charge in [-0.1, -0.05) is 19.3 Å². The van der Waals surface area contributed by atoms with Gasteiger partial charge in [-0.25, -0.2) is 4.79 Å². The van der Waals surface area contributed by atoms with Gasteiger partial charge < -0.3 is 20.4 Å². The molecule has 7 nitrogen and oxygen atoms in total. The van der Waals surface area contributed by atoms with Crippen molar-refractivity contribution < 1.29 is 24.6 Å². The Morgan fingerprint density at radius 1 is 1.00 bits per heavy atom. The Bertz CT molecular complexity index is 323. The summed E-state index contributed by atoms with van der Waals surface area (Å²) in [4.78, 5) is 33.7. The molecule has 0 spiro atoms. The van der Waals surface area contributed by atoms with Gasteiger partial charge >= 0.3 is 18.0 Å². The number of hydrogen-bond donors (Lipinski definition) is 3. The van der Waals surface area contributed by atoms with Crippen LogP contribution >= 0.6 is 0 Å². The first-order valence-corrected chi connectivity index (χ1v) is 6.45. The maximum atomic E-state index is 11.7. The molecule has 19 heavy (non-hydrogen) atoms. The van der Waals surface area contributed by atoms with Crippen LogP contribution in [0.15, 0.2) is 0 Å². The molecule has 0 aromatic carbocycles. The summed E-state index contributed by atoms with van der Waals surface area (Å²) in [6.45, 7) is -0.736. The fourth-order valence-electron chi connectivity index (χ4n) is 2.26. The summed E-state index contributed by atoms with van der Waals surface area (Å²) >= 11 is 0. The largest absolute Gasteiger partial charge is 0.480 e. The third-order valence-corrected chi connectivity index (χ3v) is 3.21. The normalized spacial score (nSPS) is 15.8. The molecule has 1 aliphatic rings. The summed E-state index contributed by atoms with van der Waals surface area (Å²) in [5.41, 5.74) is 0. The topological polar surface area (TPSA) is 107 Å². The van der Waals surface area contributed by atoms with E-state index < -0.39 is 31.1 Å². The Kier molecular flexibility index (Phi) is 6.11. The van der Waals surface area contributed by atoms with Crippen molar-refractivity contribution in [2.45, 2.75) is 32.1 Å². The van der Waals surface area contributed by atoms with Crippen molar-refractivity contribution in [1.82, 2.24) is 10.2 Å². The third-order valence-electron chi connectivity index (χ3n) is 3.21. The summed E-state index contributed by atoms with van der Waals surface area (Å²) in [6, 6.07) is -0.629. The second kappa shape index (κ2) is 7.60. The van der Waals surface area contributed by atoms with Gasteiger partial charge in [0.05, 0.1) is 0 Å². The van der Waals surface area contributed by atoms with Gasteiger partial charge in [-0.2, -0.15) is 0 Å². The number of urea groups is 1. The Balaban J connectivity index is 2.41. The average Bonchev–Trinajstić information content (AvgIpc) is 2.35. The first-order chi connectivity index (χ1) is 8.99. The summed E-state index contributed by atoms with van der Waals surface area (Å²) in [6.07, 6.45) is 5.62. The van der Waals surface area contributed by atoms with Crippen molar-refractivity contribution in [3.05, 3.63) is 0 Å². The Hall–Kier alpha value is -1.79. The van der Waals surface area contributed by atoms with E-state index >= 15 is 0 Å². The molecule has 0 aliphatic heterocycles. The Morgan fingerprint density at radius 2 is 1.53 bits per heavy atom. The van der Waals surface area contributed by atoms with Crippen molar-refractivity contribution >= 4 is 18.0 Å². The summed E-state index contributed by atoms with van der Waals surface area (Å²) in [5, 5.41) is 19.9. The standard InChI is InChI=1S/C12H20N2O5/c15-10(16)7-14(8-11(17)18)12(19)13-6-9-4-2-1-3-5-9/h9H,1-8H2,(H,13,19)(H,15,16)(H,17,18). The van der Waals surface area contributed by atoms with Crippen LogP contribution in [0.1, 0.15) is 32.1 Å². The van der Waals surface area contributed by atoms with Crippen LogP contribution in [-0.4, -0.2) is 52.7 Å². The lowest BCUT2D eigenvalue weighted by Gasteiger charge is -2.24. The molecule has 0 aromatic rings. The highest BCUT2D eigenvalue weighted by molar-refractivity contribution is 5.84. The molecular formula is C12H20N2O5. The number of nitrogens with one attached hydrogen (secondary N) is 1. The van der Waals surface area contributed by atoms with Crippen LogP contribution in [0, 0.1) is 5.92 Å². The van der Waals surface area contributed by atoms with E-state index in [0.29, 0.717) is 12.5 Å². The minimum atomic E-state index is -1.23. The molecule has 0 radical (unpaired) electrons. The zero-order chi connectivity index (χ0) is 14.3. The molecule has 2 amide bonds. The first-order valence-electron chi connectivity index (χ1n) is 6.45. The highest BCUT2D eigenvalue weighted by atomic mass is 16.4. The molecule has 108 valence electrons. The zero-order valence-corrected chi connectivity index (χ0v) is 10.8. The van der Waals surface area contributed by atoms with E-state index in [2.05, 4.69) is 5.32 Å². The van der Waals surface area contributed by atoms with E-state index in [4.69, 9.17) is 10.2 Å². The molecular weight excluding hydrogens is 252 g/mol. The SMILES string of the molecule is O=C(O)CN(CC(=O)O)C(=O)NCC1CCCCC1. The maximum absolute atomic E-state index is 11.7. The van der Waals surface area contributed by atoms with Crippen molar-refractivity contribution in [2.24, 2.45) is 5.92 Å². The highest BCUT2D eigenvalue weighted by Gasteiger charge is 2.21. The number of carbonyl (C=O) groups is 3. The van der Waals surface area contributed by atoms with E-state index in [1.165, 1.54) is 6.42 Å². The molecule has 0 atom stereocenters. The summed E-state index contributed by atoms with van der Waals surface area (Å²) in [5.74, 6) is -2.04. The quantitative estimate of drug-likeness (QED) is 0.661. The smallest absolute Gasteiger partial charge is 0.323 e. The van der Waals surface area contributed by atoms with Gasteiger partial charge in [0, 0.05) is 6.54 Å². The lowest BCUT2D eigenvalue weighted by Crippen LogP contribution is -2.46. The Labute approximate surface area is 111 Å². The molecule has 3 N–H and O–H groups in total. The molecule has 0 heterocycles. The number of carboxylic acid groups (broad SMARTS) is 2. The van der Waals surface area contributed by atoms with Gasteiger partial charge in [0.15, 0.2) is 0 Å². The molecule has 1 saturated carbocycles. The van der Waals surface area contributed by atoms with Crippen LogP contribution in [0.5, 0.6) is 0 Å². The van der Waals surface area contributed by atoms with Crippen molar-refractivity contribution in [2.75, 3.05) is 19.6 Å². The second-order valence-corrected chi connectivity index (χ2v) is 4.83. The van der Waals surface area contributed by atoms with Crippen LogP contribution in [0.2, 0.25) is 0 Å². The number of rotatable bonds is 6. The maximum Gasteiger partial charge on any atom is 0.323 e. The number of nitrogens with zero attached hydrogens (tertiary/aromatic N) is 1. The molecule has 1 fully saturated rings. The lowest BCUT2D eigenvalue weighted by atomic mass is 9.89. The lowest BCUT2D eigenvalue weighted by molar-refractivity contribution is -0.140. The van der Waals surface area contributed by atoms with Gasteiger partial charge in [-0.15, -0.1) is 0 Å². The molecule has 7 heteroatoms. The molecule has 0 bridgehead atoms. The predicted octanol–water partition coefficient (Wildman–Crippen LogP) is 0.747. The number of hydrogen-bond acceptors (Lipinski definition) is 3. The summed E-state index contributed by atoms with van der Waals surface area (Å²) < 4.78 is 0. The van der Waals surface area contributed by atoms with E-state index in [1.807, 2.05) is 0 Å². The van der Waals surface area contributed by atoms with Crippen LogP contribution in [0.4, 0.5) is 4.79 Å². The van der Waals surface area contributed by atoms with Gasteiger partial charge in [-0.3, -0.25) is 9.59 Å². The van der Waals surface area contributed by atoms with E-state index in [1.54, 1.807) is 0 Å². The second-order valence-electron chi connectivity index (χ2n) is 4.83. The molecule has 0 unspecified atom stereocenters. The fraction of sp³-hybridized carbons (Fsp3) is 0.750. The number of carbonyl (C=O) groups excluding carboxylic acids is 1. The minimum Gasteiger partial charge on any atom is -0.480 e. The van der Waals surface area contributed by atoms with Crippen LogP contribution in [-0.2, 0) is 9.59 Å². The predicted molar refractivity (Wildman–Crippen MR) is 66.8 cm³/mol. The van der Waals surface area contributed by atoms with Gasteiger partial charge in [0.2, 0.25) is 0 Å². The Morgan fingerprint density at radius 3 is 2.00 bits per heavy atom. The van der Waals surface area contributed by atoms with Gasteiger partial charge in [0.1, 0.15) is 13.1 Å². The number of aliphatic carboxylic acids is 2. The van der Waals surface area contributed by atoms with Crippen LogP contribution in [0.3, 0.4) is 0 Å². The summed E-state index contributed by atoms with van der Waals surface area (Å²) in [7, 11) is 0. The van der Waals surface area contributed by atoms with Crippen LogP contribution < -0.4 is 5.32 Å². The van der Waals surface area contributed by atoms with Gasteiger partial charge in [-0.05, 0) is 18.8 Å². The molecule has 0 saturated heterocycles. The van der Waals surface area contributed by atoms with E-state index in [-0.39, 0.29) is 0 Å². The fourth-order valence-corrected chi connectivity index (χ4v) is 2.26. The molecule has 1 rings (SSSR count). The highest BCUT2D eigenvalue weighted by Crippen LogP contribution is 2.22. The number of carboxylic acids is 2. The van der Waals surface area contributed by atoms with Crippen molar-refractivity contribution in [3.63, 3.8) is 0 Å². The minimum absolute atomic E-state index is 0.411. The van der Waals surface area contributed by atoms with E-state index in [0.717, 1.165) is 30.6 Å². The van der Waals surface area contributed by atoms with Crippen molar-refractivity contribution in [1.29, 1.82) is 0 Å². The third kappa shape index (κ3) is 6.08. The monoisotopic (exact) mass is 272 g/mol. The van der Waals surface area contributed by atoms with Crippen LogP contribution in [0.25, 0.3) is 0 Å². The van der Waals surface area contributed by atoms with E-state index in [9.17, 15) is 14.4 Å².